The molecule has 0 saturated carbocycles. The van der Waals surface area contributed by atoms with Gasteiger partial charge in [0, 0.05) is 27.0 Å². The fourth-order valence-corrected chi connectivity index (χ4v) is 3.38. The maximum absolute atomic E-state index is 6.01. The van der Waals surface area contributed by atoms with Gasteiger partial charge in [0.15, 0.2) is 0 Å². The van der Waals surface area contributed by atoms with Crippen LogP contribution in [0.4, 0.5) is 0 Å². The number of nitrogens with zero attached hydrogens (tertiary/aromatic N) is 2. The number of hydrogen-bond donors (Lipinski definition) is 1. The molecule has 2 atom stereocenters. The molecule has 86 valence electrons. The number of hydrogen-bond acceptors (Lipinski definition) is 3. The van der Waals surface area contributed by atoms with Gasteiger partial charge in [0.2, 0.25) is 0 Å². The zero-order valence-electron chi connectivity index (χ0n) is 8.60. The predicted molar refractivity (Wildman–Crippen MR) is 71.0 cm³/mol. The van der Waals surface area contributed by atoms with Crippen LogP contribution < -0.4 is 5.73 Å². The normalized spacial score (nSPS) is 15.0. The average molecular weight is 321 g/mol. The predicted octanol–water partition coefficient (Wildman–Crippen LogP) is 3.30. The Labute approximate surface area is 111 Å². The van der Waals surface area contributed by atoms with Crippen LogP contribution in [0.5, 0.6) is 0 Å². The first-order valence-electron chi connectivity index (χ1n) is 4.77. The zero-order chi connectivity index (χ0) is 11.7. The van der Waals surface area contributed by atoms with Crippen molar-refractivity contribution in [3.05, 3.63) is 38.2 Å². The van der Waals surface area contributed by atoms with Gasteiger partial charge in [-0.1, -0.05) is 11.6 Å². The van der Waals surface area contributed by atoms with Crippen LogP contribution in [-0.2, 0) is 0 Å². The van der Waals surface area contributed by atoms with E-state index in [1.807, 2.05) is 17.0 Å². The first kappa shape index (κ1) is 12.1. The van der Waals surface area contributed by atoms with Crippen molar-refractivity contribution in [2.24, 2.45) is 5.73 Å². The summed E-state index contributed by atoms with van der Waals surface area (Å²) in [5.74, 6) is 0. The van der Waals surface area contributed by atoms with Crippen LogP contribution in [-0.4, -0.2) is 15.8 Å². The Balaban J connectivity index is 2.38. The highest BCUT2D eigenvalue weighted by molar-refractivity contribution is 9.10. The van der Waals surface area contributed by atoms with E-state index in [-0.39, 0.29) is 12.1 Å². The summed E-state index contributed by atoms with van der Waals surface area (Å²) in [6.45, 7) is 1.97. The maximum atomic E-state index is 6.01. The molecule has 3 nitrogen and oxygen atoms in total. The van der Waals surface area contributed by atoms with Crippen molar-refractivity contribution in [2.75, 3.05) is 0 Å². The van der Waals surface area contributed by atoms with Crippen LogP contribution in [0, 0.1) is 0 Å². The van der Waals surface area contributed by atoms with Crippen molar-refractivity contribution in [1.29, 1.82) is 0 Å². The Hall–Kier alpha value is -0.360. The van der Waals surface area contributed by atoms with Crippen LogP contribution in [0.1, 0.15) is 17.8 Å². The number of nitrogens with two attached hydrogens (primary N) is 1. The standard InChI is InChI=1S/C10H11BrClN3S/c1-6(13)10(9-2-7(11)5-16-9)15-4-8(12)3-14-15/h2-6,10H,13H2,1H3. The highest BCUT2D eigenvalue weighted by Crippen LogP contribution is 2.30. The van der Waals surface area contributed by atoms with E-state index in [4.69, 9.17) is 17.3 Å². The molecule has 0 fully saturated rings. The van der Waals surface area contributed by atoms with E-state index >= 15 is 0 Å². The van der Waals surface area contributed by atoms with E-state index in [0.29, 0.717) is 5.02 Å². The lowest BCUT2D eigenvalue weighted by Gasteiger charge is -2.19. The number of aromatic nitrogens is 2. The van der Waals surface area contributed by atoms with Gasteiger partial charge in [-0.25, -0.2) is 0 Å². The second-order valence-electron chi connectivity index (χ2n) is 3.61. The first-order chi connectivity index (χ1) is 7.58. The van der Waals surface area contributed by atoms with Gasteiger partial charge in [-0.2, -0.15) is 5.10 Å². The summed E-state index contributed by atoms with van der Waals surface area (Å²) in [6.07, 6.45) is 3.42. The van der Waals surface area contributed by atoms with E-state index in [1.54, 1.807) is 23.7 Å². The summed E-state index contributed by atoms with van der Waals surface area (Å²) in [5.41, 5.74) is 6.01. The minimum Gasteiger partial charge on any atom is -0.326 e. The molecule has 2 rings (SSSR count). The summed E-state index contributed by atoms with van der Waals surface area (Å²) in [4.78, 5) is 1.17. The van der Waals surface area contributed by atoms with E-state index < -0.39 is 0 Å². The molecule has 2 unspecified atom stereocenters. The molecule has 0 amide bonds. The molecular weight excluding hydrogens is 310 g/mol. The summed E-state index contributed by atoms with van der Waals surface area (Å²) in [6, 6.07) is 2.07. The monoisotopic (exact) mass is 319 g/mol. The quantitative estimate of drug-likeness (QED) is 0.943. The van der Waals surface area contributed by atoms with Crippen molar-refractivity contribution in [3.8, 4) is 0 Å². The largest absolute Gasteiger partial charge is 0.326 e. The molecule has 0 aliphatic carbocycles. The number of rotatable bonds is 3. The second kappa shape index (κ2) is 4.87. The summed E-state index contributed by atoms with van der Waals surface area (Å²) in [7, 11) is 0. The Morgan fingerprint density at radius 1 is 1.62 bits per heavy atom. The molecule has 0 spiro atoms. The fourth-order valence-electron chi connectivity index (χ4n) is 1.58. The van der Waals surface area contributed by atoms with Gasteiger partial charge in [0.25, 0.3) is 0 Å². The van der Waals surface area contributed by atoms with Gasteiger partial charge in [-0.05, 0) is 28.9 Å². The van der Waals surface area contributed by atoms with Crippen molar-refractivity contribution in [1.82, 2.24) is 9.78 Å². The second-order valence-corrected chi connectivity index (χ2v) is 5.90. The maximum Gasteiger partial charge on any atom is 0.101 e. The fraction of sp³-hybridized carbons (Fsp3) is 0.300. The van der Waals surface area contributed by atoms with E-state index in [1.165, 1.54) is 4.88 Å². The van der Waals surface area contributed by atoms with E-state index in [0.717, 1.165) is 4.47 Å². The molecule has 16 heavy (non-hydrogen) atoms. The lowest BCUT2D eigenvalue weighted by Crippen LogP contribution is -2.29. The zero-order valence-corrected chi connectivity index (χ0v) is 11.8. The minimum absolute atomic E-state index is 0.0264. The van der Waals surface area contributed by atoms with E-state index in [2.05, 4.69) is 27.1 Å². The molecule has 2 N–H and O–H groups in total. The Morgan fingerprint density at radius 3 is 2.81 bits per heavy atom. The van der Waals surface area contributed by atoms with E-state index in [9.17, 15) is 0 Å². The smallest absolute Gasteiger partial charge is 0.101 e. The third-order valence-electron chi connectivity index (χ3n) is 2.23. The van der Waals surface area contributed by atoms with Crippen LogP contribution in [0.15, 0.2) is 28.3 Å². The molecule has 0 saturated heterocycles. The summed E-state index contributed by atoms with van der Waals surface area (Å²) < 4.78 is 2.88. The van der Waals surface area contributed by atoms with Crippen LogP contribution in [0.25, 0.3) is 0 Å². The van der Waals surface area contributed by atoms with Gasteiger partial charge in [0.1, 0.15) is 6.04 Å². The molecule has 6 heteroatoms. The van der Waals surface area contributed by atoms with Gasteiger partial charge < -0.3 is 5.73 Å². The Kier molecular flexibility index (Phi) is 3.69. The highest BCUT2D eigenvalue weighted by atomic mass is 79.9. The van der Waals surface area contributed by atoms with Gasteiger partial charge in [0.05, 0.1) is 11.2 Å². The van der Waals surface area contributed by atoms with Crippen LogP contribution >= 0.6 is 38.9 Å². The first-order valence-corrected chi connectivity index (χ1v) is 6.82. The third kappa shape index (κ3) is 2.48. The topological polar surface area (TPSA) is 43.8 Å². The van der Waals surface area contributed by atoms with Crippen LogP contribution in [0.2, 0.25) is 5.02 Å². The van der Waals surface area contributed by atoms with Crippen molar-refractivity contribution in [3.63, 3.8) is 0 Å². The molecule has 2 aromatic rings. The molecule has 0 aromatic carbocycles. The Bertz CT molecular complexity index is 440. The molecular formula is C10H11BrClN3S. The average Bonchev–Trinajstić information content (AvgIpc) is 2.76. The van der Waals surface area contributed by atoms with Gasteiger partial charge in [-0.15, -0.1) is 11.3 Å². The van der Waals surface area contributed by atoms with Crippen molar-refractivity contribution < 1.29 is 0 Å². The van der Waals surface area contributed by atoms with Gasteiger partial charge in [-0.3, -0.25) is 4.68 Å². The molecule has 2 heterocycles. The molecule has 0 radical (unpaired) electrons. The Morgan fingerprint density at radius 2 is 2.38 bits per heavy atom. The molecule has 0 aliphatic rings. The molecule has 0 bridgehead atoms. The third-order valence-corrected chi connectivity index (χ3v) is 4.19. The van der Waals surface area contributed by atoms with Crippen LogP contribution in [0.3, 0.4) is 0 Å². The molecule has 0 aliphatic heterocycles. The number of halogens is 2. The molecule has 2 aromatic heterocycles. The lowest BCUT2D eigenvalue weighted by molar-refractivity contribution is 0.460. The van der Waals surface area contributed by atoms with Crippen molar-refractivity contribution >= 4 is 38.9 Å². The summed E-state index contributed by atoms with van der Waals surface area (Å²) in [5, 5.41) is 6.88. The van der Waals surface area contributed by atoms with Crippen molar-refractivity contribution in [2.45, 2.75) is 19.0 Å². The lowest BCUT2D eigenvalue weighted by atomic mass is 10.1. The summed E-state index contributed by atoms with van der Waals surface area (Å²) >= 11 is 11.0. The SMILES string of the molecule is CC(N)C(c1cc(Br)cs1)n1cc(Cl)cn1. The van der Waals surface area contributed by atoms with Gasteiger partial charge >= 0.3 is 0 Å². The minimum atomic E-state index is -0.0264. The highest BCUT2D eigenvalue weighted by Gasteiger charge is 2.20. The number of thiophene rings is 1.